The lowest BCUT2D eigenvalue weighted by atomic mass is 9.97. The third-order valence-electron chi connectivity index (χ3n) is 9.47. The van der Waals surface area contributed by atoms with Crippen molar-refractivity contribution in [1.82, 2.24) is 24.8 Å². The molecule has 3 heterocycles. The molecular weight excluding hydrogens is 652 g/mol. The van der Waals surface area contributed by atoms with Crippen LogP contribution in [0.5, 0.6) is 0 Å². The van der Waals surface area contributed by atoms with Gasteiger partial charge in [0, 0.05) is 17.5 Å². The van der Waals surface area contributed by atoms with Crippen molar-refractivity contribution >= 4 is 50.4 Å². The zero-order chi connectivity index (χ0) is 36.9. The van der Waals surface area contributed by atoms with Crippen LogP contribution >= 0.6 is 0 Å². The zero-order valence-corrected chi connectivity index (χ0v) is 30.9. The van der Waals surface area contributed by atoms with E-state index in [1.807, 2.05) is 40.0 Å². The van der Waals surface area contributed by atoms with E-state index in [0.29, 0.717) is 18.8 Å². The van der Waals surface area contributed by atoms with E-state index in [1.54, 1.807) is 25.7 Å². The van der Waals surface area contributed by atoms with E-state index in [-0.39, 0.29) is 17.8 Å². The molecule has 268 valence electrons. The number of likely N-dealkylation sites (tertiary alicyclic amines) is 1. The lowest BCUT2D eigenvalue weighted by molar-refractivity contribution is -0.146. The van der Waals surface area contributed by atoms with Crippen LogP contribution in [0.1, 0.15) is 91.3 Å². The SMILES string of the molecule is CC[C@@H](C(=N)C(=O)OC(C)(C)C)c1nc2ccc3cc(-c4ccc5cc(-c6cnc([C@@H]7CCCN7C(=O)OC(C)(C)C)[nH]6)ccc5c4)ccc3c2[nH]1. The van der Waals surface area contributed by atoms with Gasteiger partial charge in [-0.1, -0.05) is 49.4 Å². The van der Waals surface area contributed by atoms with Gasteiger partial charge < -0.3 is 19.4 Å². The molecule has 0 unspecified atom stereocenters. The first-order valence-corrected chi connectivity index (χ1v) is 18.0. The fraction of sp³-hybridized carbons (Fsp3) is 0.357. The van der Waals surface area contributed by atoms with Crippen molar-refractivity contribution in [2.24, 2.45) is 0 Å². The number of fused-ring (bicyclic) bond motifs is 4. The number of amides is 1. The summed E-state index contributed by atoms with van der Waals surface area (Å²) in [7, 11) is 0. The lowest BCUT2D eigenvalue weighted by Gasteiger charge is -2.27. The van der Waals surface area contributed by atoms with Crippen molar-refractivity contribution in [1.29, 1.82) is 5.41 Å². The van der Waals surface area contributed by atoms with Crippen LogP contribution in [0.4, 0.5) is 4.79 Å². The first kappa shape index (κ1) is 34.9. The van der Waals surface area contributed by atoms with Crippen molar-refractivity contribution in [2.45, 2.75) is 90.9 Å². The largest absolute Gasteiger partial charge is 0.455 e. The molecule has 1 amide bonds. The molecule has 0 aliphatic carbocycles. The number of carbonyl (C=O) groups excluding carboxylic acids is 2. The molecule has 52 heavy (non-hydrogen) atoms. The quantitative estimate of drug-likeness (QED) is 0.112. The molecule has 4 aromatic carbocycles. The Morgan fingerprint density at radius 2 is 1.50 bits per heavy atom. The van der Waals surface area contributed by atoms with E-state index in [4.69, 9.17) is 19.9 Å². The van der Waals surface area contributed by atoms with Gasteiger partial charge in [0.1, 0.15) is 28.6 Å². The Bertz CT molecular complexity index is 2340. The Morgan fingerprint density at radius 3 is 2.19 bits per heavy atom. The number of rotatable bonds is 7. The van der Waals surface area contributed by atoms with Crippen molar-refractivity contribution in [3.8, 4) is 22.4 Å². The number of benzene rings is 4. The average molecular weight is 699 g/mol. The molecule has 1 aliphatic rings. The second-order valence-electron chi connectivity index (χ2n) is 15.7. The second kappa shape index (κ2) is 13.2. The summed E-state index contributed by atoms with van der Waals surface area (Å²) in [6, 6.07) is 23.2. The molecule has 1 saturated heterocycles. The van der Waals surface area contributed by atoms with Crippen LogP contribution < -0.4 is 0 Å². The molecule has 0 saturated carbocycles. The van der Waals surface area contributed by atoms with Gasteiger partial charge in [-0.2, -0.15) is 0 Å². The molecule has 3 N–H and O–H groups in total. The normalized spacial score (nSPS) is 15.8. The number of esters is 1. The number of hydrogen-bond acceptors (Lipinski definition) is 7. The highest BCUT2D eigenvalue weighted by molar-refractivity contribution is 6.37. The maximum atomic E-state index is 12.9. The summed E-state index contributed by atoms with van der Waals surface area (Å²) in [5.41, 5.74) is 4.49. The lowest BCUT2D eigenvalue weighted by Crippen LogP contribution is -2.36. The van der Waals surface area contributed by atoms with Gasteiger partial charge >= 0.3 is 12.1 Å². The third kappa shape index (κ3) is 7.02. The predicted octanol–water partition coefficient (Wildman–Crippen LogP) is 9.85. The fourth-order valence-corrected chi connectivity index (χ4v) is 7.02. The number of H-pyrrole nitrogens is 2. The van der Waals surface area contributed by atoms with Crippen LogP contribution in [0.2, 0.25) is 0 Å². The minimum Gasteiger partial charge on any atom is -0.455 e. The molecule has 6 aromatic rings. The molecule has 2 aromatic heterocycles. The van der Waals surface area contributed by atoms with Crippen molar-refractivity contribution < 1.29 is 19.1 Å². The van der Waals surface area contributed by atoms with Crippen molar-refractivity contribution in [3.05, 3.63) is 84.6 Å². The second-order valence-corrected chi connectivity index (χ2v) is 15.7. The number of aromatic amines is 2. The van der Waals surface area contributed by atoms with E-state index in [0.717, 1.165) is 73.6 Å². The van der Waals surface area contributed by atoms with Gasteiger partial charge in [0.05, 0.1) is 34.9 Å². The van der Waals surface area contributed by atoms with Gasteiger partial charge in [-0.3, -0.25) is 10.3 Å². The van der Waals surface area contributed by atoms with Crippen molar-refractivity contribution in [2.75, 3.05) is 6.54 Å². The van der Waals surface area contributed by atoms with E-state index in [1.165, 1.54) is 0 Å². The van der Waals surface area contributed by atoms with Crippen LogP contribution in [0.25, 0.3) is 55.0 Å². The first-order chi connectivity index (χ1) is 24.7. The van der Waals surface area contributed by atoms with Gasteiger partial charge in [0.15, 0.2) is 0 Å². The summed E-state index contributed by atoms with van der Waals surface area (Å²) < 4.78 is 11.1. The molecule has 2 atom stereocenters. The van der Waals surface area contributed by atoms with Crippen LogP contribution in [-0.2, 0) is 14.3 Å². The number of hydrogen-bond donors (Lipinski definition) is 3. The topological polar surface area (TPSA) is 137 Å². The van der Waals surface area contributed by atoms with E-state index in [9.17, 15) is 9.59 Å². The number of nitrogens with one attached hydrogen (secondary N) is 3. The summed E-state index contributed by atoms with van der Waals surface area (Å²) in [6.07, 6.45) is 3.84. The molecule has 0 radical (unpaired) electrons. The predicted molar refractivity (Wildman–Crippen MR) is 206 cm³/mol. The Labute approximate surface area is 303 Å². The highest BCUT2D eigenvalue weighted by atomic mass is 16.6. The summed E-state index contributed by atoms with van der Waals surface area (Å²) >= 11 is 0. The Morgan fingerprint density at radius 1 is 0.865 bits per heavy atom. The highest BCUT2D eigenvalue weighted by Crippen LogP contribution is 2.35. The van der Waals surface area contributed by atoms with Crippen LogP contribution in [0, 0.1) is 5.41 Å². The number of ether oxygens (including phenoxy) is 2. The molecular formula is C42H46N6O4. The summed E-state index contributed by atoms with van der Waals surface area (Å²) in [4.78, 5) is 43.7. The summed E-state index contributed by atoms with van der Waals surface area (Å²) in [5.74, 6) is 0.251. The minimum atomic E-state index is -0.674. The average Bonchev–Trinajstić information content (AvgIpc) is 3.86. The van der Waals surface area contributed by atoms with Gasteiger partial charge in [0.25, 0.3) is 0 Å². The third-order valence-corrected chi connectivity index (χ3v) is 9.47. The maximum Gasteiger partial charge on any atom is 0.410 e. The zero-order valence-electron chi connectivity index (χ0n) is 30.9. The van der Waals surface area contributed by atoms with Gasteiger partial charge in [-0.05, 0) is 112 Å². The Kier molecular flexibility index (Phi) is 8.89. The molecule has 7 rings (SSSR count). The molecule has 10 nitrogen and oxygen atoms in total. The summed E-state index contributed by atoms with van der Waals surface area (Å²) in [5, 5.41) is 12.9. The van der Waals surface area contributed by atoms with Gasteiger partial charge in [-0.15, -0.1) is 0 Å². The molecule has 1 aliphatic heterocycles. The smallest absolute Gasteiger partial charge is 0.410 e. The van der Waals surface area contributed by atoms with Crippen LogP contribution in [0.3, 0.4) is 0 Å². The molecule has 1 fully saturated rings. The van der Waals surface area contributed by atoms with E-state index >= 15 is 0 Å². The first-order valence-electron chi connectivity index (χ1n) is 18.0. The van der Waals surface area contributed by atoms with E-state index in [2.05, 4.69) is 75.6 Å². The number of nitrogens with zero attached hydrogens (tertiary/aromatic N) is 3. The molecule has 0 bridgehead atoms. The number of imidazole rings is 2. The molecule has 10 heteroatoms. The highest BCUT2D eigenvalue weighted by Gasteiger charge is 2.35. The number of aromatic nitrogens is 4. The maximum absolute atomic E-state index is 12.9. The van der Waals surface area contributed by atoms with Crippen LogP contribution in [0.15, 0.2) is 72.9 Å². The Balaban J connectivity index is 1.11. The Hall–Kier alpha value is -5.51. The fourth-order valence-electron chi connectivity index (χ4n) is 7.02. The number of carbonyl (C=O) groups is 2. The summed E-state index contributed by atoms with van der Waals surface area (Å²) in [6.45, 7) is 13.6. The monoisotopic (exact) mass is 698 g/mol. The van der Waals surface area contributed by atoms with Crippen molar-refractivity contribution in [3.63, 3.8) is 0 Å². The van der Waals surface area contributed by atoms with Gasteiger partial charge in [-0.25, -0.2) is 19.6 Å². The van der Waals surface area contributed by atoms with Crippen LogP contribution in [-0.4, -0.2) is 60.4 Å². The minimum absolute atomic E-state index is 0.100. The standard InChI is InChI=1S/C42H46N6O4/c1-8-30(35(43)39(49)51-41(2,3)4)37-45-32-18-16-28-21-27(15-17-31(28)36(32)47-37)24-11-12-26-22-29(14-13-25(26)20-24)33-23-44-38(46-33)34-10-9-19-48(34)40(50)52-42(5,6)7/h11-18,20-23,30,34,43H,8-10,19H2,1-7H3,(H,44,46)(H,45,47)/t30-,34-/m0/s1. The van der Waals surface area contributed by atoms with Gasteiger partial charge in [0.2, 0.25) is 0 Å². The van der Waals surface area contributed by atoms with E-state index < -0.39 is 23.1 Å². The molecule has 0 spiro atoms.